The highest BCUT2D eigenvalue weighted by molar-refractivity contribution is 4.74. The Labute approximate surface area is 106 Å². The SMILES string of the molecule is CCN(CC1CCNCC1)CC1CCOCC1. The van der Waals surface area contributed by atoms with Gasteiger partial charge < -0.3 is 15.0 Å². The average molecular weight is 240 g/mol. The Bertz CT molecular complexity index is 178. The maximum absolute atomic E-state index is 5.44. The van der Waals surface area contributed by atoms with Gasteiger partial charge in [0.25, 0.3) is 0 Å². The molecule has 2 fully saturated rings. The first-order valence-corrected chi connectivity index (χ1v) is 7.39. The van der Waals surface area contributed by atoms with Crippen molar-refractivity contribution in [3.05, 3.63) is 0 Å². The largest absolute Gasteiger partial charge is 0.381 e. The summed E-state index contributed by atoms with van der Waals surface area (Å²) < 4.78 is 5.44. The summed E-state index contributed by atoms with van der Waals surface area (Å²) in [5, 5.41) is 3.45. The lowest BCUT2D eigenvalue weighted by molar-refractivity contribution is 0.0501. The molecule has 0 aliphatic carbocycles. The highest BCUT2D eigenvalue weighted by Gasteiger charge is 2.20. The van der Waals surface area contributed by atoms with E-state index < -0.39 is 0 Å². The third-order valence-corrected chi connectivity index (χ3v) is 4.28. The first-order valence-electron chi connectivity index (χ1n) is 7.39. The second-order valence-electron chi connectivity index (χ2n) is 5.60. The molecule has 0 spiro atoms. The Hall–Kier alpha value is -0.120. The van der Waals surface area contributed by atoms with E-state index in [0.29, 0.717) is 0 Å². The van der Waals surface area contributed by atoms with Crippen molar-refractivity contribution in [1.29, 1.82) is 0 Å². The second-order valence-corrected chi connectivity index (χ2v) is 5.60. The molecule has 3 heteroatoms. The van der Waals surface area contributed by atoms with Gasteiger partial charge in [0, 0.05) is 26.3 Å². The minimum Gasteiger partial charge on any atom is -0.381 e. The van der Waals surface area contributed by atoms with Gasteiger partial charge in [0.15, 0.2) is 0 Å². The molecule has 0 unspecified atom stereocenters. The number of piperidine rings is 1. The monoisotopic (exact) mass is 240 g/mol. The summed E-state index contributed by atoms with van der Waals surface area (Å²) in [6.45, 7) is 10.5. The van der Waals surface area contributed by atoms with Crippen molar-refractivity contribution in [2.24, 2.45) is 11.8 Å². The van der Waals surface area contributed by atoms with Crippen LogP contribution in [0.4, 0.5) is 0 Å². The van der Waals surface area contributed by atoms with Crippen molar-refractivity contribution >= 4 is 0 Å². The van der Waals surface area contributed by atoms with Gasteiger partial charge >= 0.3 is 0 Å². The van der Waals surface area contributed by atoms with E-state index in [4.69, 9.17) is 4.74 Å². The van der Waals surface area contributed by atoms with Crippen LogP contribution in [0.1, 0.15) is 32.6 Å². The Morgan fingerprint density at radius 3 is 2.18 bits per heavy atom. The molecule has 2 aliphatic heterocycles. The van der Waals surface area contributed by atoms with Crippen molar-refractivity contribution < 1.29 is 4.74 Å². The lowest BCUT2D eigenvalue weighted by atomic mass is 9.95. The Kier molecular flexibility index (Phi) is 5.75. The molecule has 2 rings (SSSR count). The van der Waals surface area contributed by atoms with Gasteiger partial charge in [-0.15, -0.1) is 0 Å². The molecule has 3 nitrogen and oxygen atoms in total. The third kappa shape index (κ3) is 4.57. The summed E-state index contributed by atoms with van der Waals surface area (Å²) in [6.07, 6.45) is 5.26. The second kappa shape index (κ2) is 7.34. The molecule has 100 valence electrons. The molecule has 0 aromatic heterocycles. The number of ether oxygens (including phenoxy) is 1. The molecule has 17 heavy (non-hydrogen) atoms. The predicted octanol–water partition coefficient (Wildman–Crippen LogP) is 1.73. The van der Waals surface area contributed by atoms with E-state index in [1.54, 1.807) is 0 Å². The zero-order valence-corrected chi connectivity index (χ0v) is 11.3. The van der Waals surface area contributed by atoms with Gasteiger partial charge in [0.2, 0.25) is 0 Å². The van der Waals surface area contributed by atoms with Crippen LogP contribution in [0, 0.1) is 11.8 Å². The summed E-state index contributed by atoms with van der Waals surface area (Å²) in [5.74, 6) is 1.81. The number of nitrogens with zero attached hydrogens (tertiary/aromatic N) is 1. The Morgan fingerprint density at radius 1 is 1.00 bits per heavy atom. The molecule has 2 saturated heterocycles. The van der Waals surface area contributed by atoms with E-state index in [1.165, 1.54) is 58.4 Å². The van der Waals surface area contributed by atoms with Crippen molar-refractivity contribution in [3.8, 4) is 0 Å². The van der Waals surface area contributed by atoms with E-state index in [-0.39, 0.29) is 0 Å². The minimum absolute atomic E-state index is 0.880. The molecular formula is C14H28N2O. The van der Waals surface area contributed by atoms with Crippen LogP contribution in [0.2, 0.25) is 0 Å². The topological polar surface area (TPSA) is 24.5 Å². The smallest absolute Gasteiger partial charge is 0.0469 e. The van der Waals surface area contributed by atoms with E-state index in [9.17, 15) is 0 Å². The van der Waals surface area contributed by atoms with Gasteiger partial charge in [0.1, 0.15) is 0 Å². The molecule has 0 saturated carbocycles. The zero-order chi connectivity index (χ0) is 11.9. The summed E-state index contributed by atoms with van der Waals surface area (Å²) in [5.41, 5.74) is 0. The van der Waals surface area contributed by atoms with Gasteiger partial charge in [-0.2, -0.15) is 0 Å². The van der Waals surface area contributed by atoms with Crippen molar-refractivity contribution in [2.45, 2.75) is 32.6 Å². The molecule has 2 aliphatic rings. The highest BCUT2D eigenvalue weighted by atomic mass is 16.5. The summed E-state index contributed by atoms with van der Waals surface area (Å²) in [4.78, 5) is 2.67. The van der Waals surface area contributed by atoms with Crippen LogP contribution in [-0.2, 0) is 4.74 Å². The number of nitrogens with one attached hydrogen (secondary N) is 1. The number of hydrogen-bond donors (Lipinski definition) is 1. The maximum Gasteiger partial charge on any atom is 0.0469 e. The zero-order valence-electron chi connectivity index (χ0n) is 11.3. The fourth-order valence-corrected chi connectivity index (χ4v) is 3.06. The van der Waals surface area contributed by atoms with E-state index in [2.05, 4.69) is 17.1 Å². The third-order valence-electron chi connectivity index (χ3n) is 4.28. The van der Waals surface area contributed by atoms with Crippen molar-refractivity contribution in [1.82, 2.24) is 10.2 Å². The van der Waals surface area contributed by atoms with Crippen molar-refractivity contribution in [2.75, 3.05) is 45.9 Å². The molecular weight excluding hydrogens is 212 g/mol. The first kappa shape index (κ1) is 13.3. The van der Waals surface area contributed by atoms with Crippen LogP contribution in [-0.4, -0.2) is 50.8 Å². The molecule has 0 aromatic rings. The molecule has 0 atom stereocenters. The van der Waals surface area contributed by atoms with Gasteiger partial charge in [-0.1, -0.05) is 6.92 Å². The van der Waals surface area contributed by atoms with Crippen LogP contribution in [0.3, 0.4) is 0 Å². The van der Waals surface area contributed by atoms with Crippen LogP contribution in [0.25, 0.3) is 0 Å². The van der Waals surface area contributed by atoms with E-state index >= 15 is 0 Å². The highest BCUT2D eigenvalue weighted by Crippen LogP contribution is 2.19. The standard InChI is InChI=1S/C14H28N2O/c1-2-16(11-13-3-7-15-8-4-13)12-14-5-9-17-10-6-14/h13-15H,2-12H2,1H3. The van der Waals surface area contributed by atoms with Gasteiger partial charge in [-0.3, -0.25) is 0 Å². The molecule has 0 amide bonds. The fraction of sp³-hybridized carbons (Fsp3) is 1.00. The van der Waals surface area contributed by atoms with E-state index in [0.717, 1.165) is 25.0 Å². The lowest BCUT2D eigenvalue weighted by Gasteiger charge is -2.33. The predicted molar refractivity (Wildman–Crippen MR) is 71.3 cm³/mol. The summed E-state index contributed by atoms with van der Waals surface area (Å²) in [6, 6.07) is 0. The van der Waals surface area contributed by atoms with Gasteiger partial charge in [0.05, 0.1) is 0 Å². The first-order chi connectivity index (χ1) is 8.38. The molecule has 0 aromatic carbocycles. The average Bonchev–Trinajstić information content (AvgIpc) is 2.40. The molecule has 2 heterocycles. The van der Waals surface area contributed by atoms with Gasteiger partial charge in [-0.05, 0) is 57.2 Å². The van der Waals surface area contributed by atoms with E-state index in [1.807, 2.05) is 0 Å². The van der Waals surface area contributed by atoms with Gasteiger partial charge in [-0.25, -0.2) is 0 Å². The summed E-state index contributed by atoms with van der Waals surface area (Å²) in [7, 11) is 0. The summed E-state index contributed by atoms with van der Waals surface area (Å²) >= 11 is 0. The fourth-order valence-electron chi connectivity index (χ4n) is 3.06. The number of hydrogen-bond acceptors (Lipinski definition) is 3. The van der Waals surface area contributed by atoms with Crippen LogP contribution in [0.15, 0.2) is 0 Å². The molecule has 1 N–H and O–H groups in total. The minimum atomic E-state index is 0.880. The maximum atomic E-state index is 5.44. The Balaban J connectivity index is 1.71. The number of rotatable bonds is 5. The normalized spacial score (nSPS) is 24.4. The molecule has 0 radical (unpaired) electrons. The van der Waals surface area contributed by atoms with Crippen LogP contribution >= 0.6 is 0 Å². The van der Waals surface area contributed by atoms with Crippen LogP contribution < -0.4 is 5.32 Å². The molecule has 0 bridgehead atoms. The van der Waals surface area contributed by atoms with Crippen molar-refractivity contribution in [3.63, 3.8) is 0 Å². The lowest BCUT2D eigenvalue weighted by Crippen LogP contribution is -2.39. The Morgan fingerprint density at radius 2 is 1.59 bits per heavy atom. The van der Waals surface area contributed by atoms with Crippen LogP contribution in [0.5, 0.6) is 0 Å². The quantitative estimate of drug-likeness (QED) is 0.792.